The van der Waals surface area contributed by atoms with E-state index in [9.17, 15) is 4.79 Å². The van der Waals surface area contributed by atoms with Gasteiger partial charge in [-0.2, -0.15) is 24.4 Å². The van der Waals surface area contributed by atoms with Gasteiger partial charge in [0.2, 0.25) is 5.91 Å². The number of carbonyl (C=O) groups excluding carboxylic acids is 1. The van der Waals surface area contributed by atoms with Crippen molar-refractivity contribution >= 4 is 30.3 Å². The topological polar surface area (TPSA) is 20.3 Å². The molecule has 0 N–H and O–H groups in total. The molecular formula is C8H15NOS2. The number of thioether (sulfide) groups is 1. The van der Waals surface area contributed by atoms with Crippen LogP contribution >= 0.6 is 24.4 Å². The van der Waals surface area contributed by atoms with E-state index in [2.05, 4.69) is 19.6 Å². The minimum Gasteiger partial charge on any atom is -0.340 e. The van der Waals surface area contributed by atoms with Gasteiger partial charge in [-0.05, 0) is 6.42 Å². The van der Waals surface area contributed by atoms with Gasteiger partial charge in [0.15, 0.2) is 0 Å². The molecule has 4 heteroatoms. The zero-order valence-electron chi connectivity index (χ0n) is 7.32. The molecule has 1 fully saturated rings. The molecule has 0 aromatic carbocycles. The molecule has 0 aliphatic carbocycles. The average molecular weight is 205 g/mol. The Morgan fingerprint density at radius 3 is 3.08 bits per heavy atom. The molecule has 1 aliphatic heterocycles. The second-order valence-corrected chi connectivity index (χ2v) is 4.62. The number of thiol groups is 1. The fraction of sp³-hybridized carbons (Fsp3) is 0.875. The van der Waals surface area contributed by atoms with E-state index in [1.54, 1.807) is 0 Å². The third-order valence-corrected chi connectivity index (χ3v) is 3.72. The van der Waals surface area contributed by atoms with Gasteiger partial charge in [-0.3, -0.25) is 4.79 Å². The van der Waals surface area contributed by atoms with Gasteiger partial charge in [-0.1, -0.05) is 6.92 Å². The van der Waals surface area contributed by atoms with E-state index in [1.807, 2.05) is 16.7 Å². The molecule has 12 heavy (non-hydrogen) atoms. The van der Waals surface area contributed by atoms with Gasteiger partial charge in [0.25, 0.3) is 0 Å². The van der Waals surface area contributed by atoms with Crippen molar-refractivity contribution in [3.05, 3.63) is 0 Å². The molecule has 1 unspecified atom stereocenters. The monoisotopic (exact) mass is 205 g/mol. The Labute approximate surface area is 83.5 Å². The van der Waals surface area contributed by atoms with Gasteiger partial charge in [0.05, 0.1) is 5.75 Å². The van der Waals surface area contributed by atoms with Crippen LogP contribution in [0.25, 0.3) is 0 Å². The molecule has 0 bridgehead atoms. The number of hydrogen-bond acceptors (Lipinski definition) is 3. The summed E-state index contributed by atoms with van der Waals surface area (Å²) in [6.07, 6.45) is 1.15. The van der Waals surface area contributed by atoms with Crippen molar-refractivity contribution in [1.29, 1.82) is 0 Å². The fourth-order valence-electron chi connectivity index (χ4n) is 1.29. The lowest BCUT2D eigenvalue weighted by atomic mass is 10.3. The SMILES string of the molecule is CCC1CN(C(=O)CS)CCS1. The maximum Gasteiger partial charge on any atom is 0.232 e. The molecule has 1 heterocycles. The lowest BCUT2D eigenvalue weighted by Gasteiger charge is -2.31. The van der Waals surface area contributed by atoms with Crippen LogP contribution in [-0.4, -0.2) is 40.7 Å². The summed E-state index contributed by atoms with van der Waals surface area (Å²) in [6, 6.07) is 0. The molecular weight excluding hydrogens is 190 g/mol. The highest BCUT2D eigenvalue weighted by molar-refractivity contribution is 8.00. The summed E-state index contributed by atoms with van der Waals surface area (Å²) in [5, 5.41) is 0.641. The Kier molecular flexibility index (Phi) is 4.29. The third-order valence-electron chi connectivity index (χ3n) is 2.08. The highest BCUT2D eigenvalue weighted by Crippen LogP contribution is 2.20. The summed E-state index contributed by atoms with van der Waals surface area (Å²) in [5.41, 5.74) is 0. The highest BCUT2D eigenvalue weighted by atomic mass is 32.2. The van der Waals surface area contributed by atoms with Crippen molar-refractivity contribution in [2.45, 2.75) is 18.6 Å². The van der Waals surface area contributed by atoms with Crippen molar-refractivity contribution in [2.75, 3.05) is 24.6 Å². The molecule has 0 radical (unpaired) electrons. The number of rotatable bonds is 2. The Hall–Kier alpha value is 0.170. The normalized spacial score (nSPS) is 24.2. The Morgan fingerprint density at radius 2 is 2.50 bits per heavy atom. The van der Waals surface area contributed by atoms with E-state index >= 15 is 0 Å². The van der Waals surface area contributed by atoms with Gasteiger partial charge in [0, 0.05) is 24.1 Å². The molecule has 1 rings (SSSR count). The zero-order chi connectivity index (χ0) is 8.97. The maximum absolute atomic E-state index is 11.3. The van der Waals surface area contributed by atoms with Crippen LogP contribution in [0.5, 0.6) is 0 Å². The van der Waals surface area contributed by atoms with Gasteiger partial charge < -0.3 is 4.90 Å². The van der Waals surface area contributed by atoms with E-state index in [4.69, 9.17) is 0 Å². The smallest absolute Gasteiger partial charge is 0.232 e. The van der Waals surface area contributed by atoms with E-state index in [-0.39, 0.29) is 5.91 Å². The summed E-state index contributed by atoms with van der Waals surface area (Å²) >= 11 is 5.96. The van der Waals surface area contributed by atoms with E-state index in [0.717, 1.165) is 25.3 Å². The molecule has 1 amide bonds. The third kappa shape index (κ3) is 2.59. The predicted molar refractivity (Wildman–Crippen MR) is 57.0 cm³/mol. The average Bonchev–Trinajstić information content (AvgIpc) is 2.17. The van der Waals surface area contributed by atoms with E-state index in [0.29, 0.717) is 11.0 Å². The van der Waals surface area contributed by atoms with Gasteiger partial charge >= 0.3 is 0 Å². The molecule has 2 nitrogen and oxygen atoms in total. The van der Waals surface area contributed by atoms with Crippen LogP contribution in [-0.2, 0) is 4.79 Å². The number of nitrogens with zero attached hydrogens (tertiary/aromatic N) is 1. The zero-order valence-corrected chi connectivity index (χ0v) is 9.03. The van der Waals surface area contributed by atoms with Crippen molar-refractivity contribution in [1.82, 2.24) is 4.90 Å². The lowest BCUT2D eigenvalue weighted by Crippen LogP contribution is -2.42. The molecule has 1 saturated heterocycles. The van der Waals surface area contributed by atoms with Crippen LogP contribution < -0.4 is 0 Å². The van der Waals surface area contributed by atoms with Crippen molar-refractivity contribution in [2.24, 2.45) is 0 Å². The minimum atomic E-state index is 0.178. The first-order chi connectivity index (χ1) is 5.77. The summed E-state index contributed by atoms with van der Waals surface area (Å²) in [7, 11) is 0. The first-order valence-corrected chi connectivity index (χ1v) is 5.96. The van der Waals surface area contributed by atoms with E-state index < -0.39 is 0 Å². The Bertz CT molecular complexity index is 163. The lowest BCUT2D eigenvalue weighted by molar-refractivity contribution is -0.128. The van der Waals surface area contributed by atoms with Crippen molar-refractivity contribution < 1.29 is 4.79 Å². The quantitative estimate of drug-likeness (QED) is 0.685. The van der Waals surface area contributed by atoms with Crippen LogP contribution in [0, 0.1) is 0 Å². The first-order valence-electron chi connectivity index (χ1n) is 4.28. The van der Waals surface area contributed by atoms with Crippen LogP contribution in [0.2, 0.25) is 0 Å². The van der Waals surface area contributed by atoms with Crippen molar-refractivity contribution in [3.63, 3.8) is 0 Å². The number of carbonyl (C=O) groups is 1. The van der Waals surface area contributed by atoms with Gasteiger partial charge in [-0.25, -0.2) is 0 Å². The molecule has 0 aromatic heterocycles. The van der Waals surface area contributed by atoms with Crippen LogP contribution in [0.3, 0.4) is 0 Å². The molecule has 0 spiro atoms. The van der Waals surface area contributed by atoms with E-state index in [1.165, 1.54) is 0 Å². The standard InChI is InChI=1S/C8H15NOS2/c1-2-7-5-9(3-4-12-7)8(10)6-11/h7,11H,2-6H2,1H3. The van der Waals surface area contributed by atoms with Gasteiger partial charge in [-0.15, -0.1) is 0 Å². The predicted octanol–water partition coefficient (Wildman–Crippen LogP) is 1.27. The maximum atomic E-state index is 11.3. The molecule has 0 saturated carbocycles. The molecule has 0 aromatic rings. The molecule has 1 atom stereocenters. The Morgan fingerprint density at radius 1 is 1.75 bits per heavy atom. The Balaban J connectivity index is 2.40. The van der Waals surface area contributed by atoms with Crippen LogP contribution in [0.15, 0.2) is 0 Å². The molecule has 70 valence electrons. The summed E-state index contributed by atoms with van der Waals surface area (Å²) in [5.74, 6) is 1.61. The second kappa shape index (κ2) is 5.02. The number of amides is 1. The first kappa shape index (κ1) is 10.3. The second-order valence-electron chi connectivity index (χ2n) is 2.90. The van der Waals surface area contributed by atoms with Crippen LogP contribution in [0.4, 0.5) is 0 Å². The largest absolute Gasteiger partial charge is 0.340 e. The fourth-order valence-corrected chi connectivity index (χ4v) is 2.67. The van der Waals surface area contributed by atoms with Crippen LogP contribution in [0.1, 0.15) is 13.3 Å². The highest BCUT2D eigenvalue weighted by Gasteiger charge is 2.21. The summed E-state index contributed by atoms with van der Waals surface area (Å²) in [4.78, 5) is 13.2. The minimum absolute atomic E-state index is 0.178. The van der Waals surface area contributed by atoms with Crippen molar-refractivity contribution in [3.8, 4) is 0 Å². The summed E-state index contributed by atoms with van der Waals surface area (Å²) < 4.78 is 0. The number of hydrogen-bond donors (Lipinski definition) is 1. The molecule has 1 aliphatic rings. The van der Waals surface area contributed by atoms with Gasteiger partial charge in [0.1, 0.15) is 0 Å². The summed E-state index contributed by atoms with van der Waals surface area (Å²) in [6.45, 7) is 3.99.